The zero-order valence-corrected chi connectivity index (χ0v) is 13.1. The average Bonchev–Trinajstić information content (AvgIpc) is 2.55. The number of carbonyl (C=O) groups excluding carboxylic acids is 1. The quantitative estimate of drug-likeness (QED) is 0.855. The number of rotatable bonds is 2. The van der Waals surface area contributed by atoms with Crippen molar-refractivity contribution >= 4 is 5.91 Å². The second-order valence-electron chi connectivity index (χ2n) is 5.91. The summed E-state index contributed by atoms with van der Waals surface area (Å²) in [6.45, 7) is 5.33. The highest BCUT2D eigenvalue weighted by atomic mass is 16.2. The summed E-state index contributed by atoms with van der Waals surface area (Å²) in [4.78, 5) is 22.8. The highest BCUT2D eigenvalue weighted by Gasteiger charge is 2.26. The van der Waals surface area contributed by atoms with E-state index >= 15 is 0 Å². The third kappa shape index (κ3) is 2.86. The summed E-state index contributed by atoms with van der Waals surface area (Å²) in [6.07, 6.45) is 5.58. The number of benzene rings is 1. The molecule has 1 fully saturated rings. The molecule has 0 unspecified atom stereocenters. The van der Waals surface area contributed by atoms with Crippen molar-refractivity contribution in [3.8, 4) is 11.3 Å². The van der Waals surface area contributed by atoms with Gasteiger partial charge in [-0.25, -0.2) is 0 Å². The fraction of sp³-hybridized carbons (Fsp3) is 0.389. The van der Waals surface area contributed by atoms with Crippen LogP contribution in [0.15, 0.2) is 36.7 Å². The van der Waals surface area contributed by atoms with Crippen LogP contribution in [-0.4, -0.2) is 33.9 Å². The first-order valence-electron chi connectivity index (χ1n) is 7.79. The van der Waals surface area contributed by atoms with Gasteiger partial charge in [-0.05, 0) is 25.3 Å². The van der Waals surface area contributed by atoms with Crippen molar-refractivity contribution in [1.82, 2.24) is 14.9 Å². The minimum Gasteiger partial charge on any atom is -0.342 e. The standard InChI is InChI=1S/C18H21N3O/c1-13-6-3-4-8-16(13)18-17(19-9-10-20-18)15-7-5-11-21(12-15)14(2)22/h3-4,6,8-10,15H,5,7,11-12H2,1-2H3/t15-/m1/s1. The van der Waals surface area contributed by atoms with Crippen LogP contribution in [0.4, 0.5) is 0 Å². The van der Waals surface area contributed by atoms with Crippen molar-refractivity contribution in [2.45, 2.75) is 32.6 Å². The summed E-state index contributed by atoms with van der Waals surface area (Å²) in [5, 5.41) is 0. The van der Waals surface area contributed by atoms with Gasteiger partial charge in [-0.3, -0.25) is 14.8 Å². The minimum atomic E-state index is 0.144. The molecule has 22 heavy (non-hydrogen) atoms. The second kappa shape index (κ2) is 6.26. The molecule has 1 aliphatic rings. The van der Waals surface area contributed by atoms with Crippen LogP contribution in [0, 0.1) is 6.92 Å². The lowest BCUT2D eigenvalue weighted by Crippen LogP contribution is -2.38. The summed E-state index contributed by atoms with van der Waals surface area (Å²) in [6, 6.07) is 8.25. The van der Waals surface area contributed by atoms with Gasteiger partial charge in [-0.1, -0.05) is 24.3 Å². The molecule has 1 amide bonds. The first kappa shape index (κ1) is 14.7. The number of hydrogen-bond acceptors (Lipinski definition) is 3. The smallest absolute Gasteiger partial charge is 0.219 e. The molecule has 0 bridgehead atoms. The van der Waals surface area contributed by atoms with Crippen molar-refractivity contribution in [2.75, 3.05) is 13.1 Å². The molecule has 2 aromatic rings. The number of nitrogens with zero attached hydrogens (tertiary/aromatic N) is 3. The first-order valence-corrected chi connectivity index (χ1v) is 7.79. The molecule has 1 aromatic heterocycles. The number of likely N-dealkylation sites (tertiary alicyclic amines) is 1. The molecule has 0 saturated carbocycles. The molecule has 4 nitrogen and oxygen atoms in total. The zero-order valence-electron chi connectivity index (χ0n) is 13.1. The Morgan fingerprint density at radius 1 is 1.23 bits per heavy atom. The molecule has 4 heteroatoms. The van der Waals surface area contributed by atoms with Gasteiger partial charge in [0.15, 0.2) is 0 Å². The molecule has 114 valence electrons. The molecule has 0 aliphatic carbocycles. The van der Waals surface area contributed by atoms with E-state index in [0.717, 1.165) is 42.9 Å². The van der Waals surface area contributed by atoms with Crippen LogP contribution in [0.3, 0.4) is 0 Å². The number of amides is 1. The molecule has 0 radical (unpaired) electrons. The van der Waals surface area contributed by atoms with Gasteiger partial charge in [0.25, 0.3) is 0 Å². The fourth-order valence-corrected chi connectivity index (χ4v) is 3.18. The number of piperidine rings is 1. The predicted molar refractivity (Wildman–Crippen MR) is 86.4 cm³/mol. The summed E-state index contributed by atoms with van der Waals surface area (Å²) in [5.74, 6) is 0.409. The Kier molecular flexibility index (Phi) is 4.18. The van der Waals surface area contributed by atoms with E-state index in [4.69, 9.17) is 0 Å². The Bertz CT molecular complexity index is 684. The van der Waals surface area contributed by atoms with E-state index in [1.54, 1.807) is 19.3 Å². The summed E-state index contributed by atoms with van der Waals surface area (Å²) < 4.78 is 0. The van der Waals surface area contributed by atoms with Crippen molar-refractivity contribution in [2.24, 2.45) is 0 Å². The SMILES string of the molecule is CC(=O)N1CCC[C@@H](c2nccnc2-c2ccccc2C)C1. The third-order valence-corrected chi connectivity index (χ3v) is 4.38. The van der Waals surface area contributed by atoms with Crippen LogP contribution in [0.1, 0.15) is 36.9 Å². The van der Waals surface area contributed by atoms with Gasteiger partial charge < -0.3 is 4.90 Å². The molecule has 1 atom stereocenters. The van der Waals surface area contributed by atoms with Gasteiger partial charge >= 0.3 is 0 Å². The van der Waals surface area contributed by atoms with Gasteiger partial charge in [0, 0.05) is 43.9 Å². The highest BCUT2D eigenvalue weighted by Crippen LogP contribution is 2.32. The van der Waals surface area contributed by atoms with Crippen LogP contribution in [-0.2, 0) is 4.79 Å². The maximum atomic E-state index is 11.7. The largest absolute Gasteiger partial charge is 0.342 e. The lowest BCUT2D eigenvalue weighted by molar-refractivity contribution is -0.130. The van der Waals surface area contributed by atoms with Gasteiger partial charge in [-0.15, -0.1) is 0 Å². The van der Waals surface area contributed by atoms with Crippen LogP contribution < -0.4 is 0 Å². The lowest BCUT2D eigenvalue weighted by Gasteiger charge is -2.32. The van der Waals surface area contributed by atoms with Crippen LogP contribution >= 0.6 is 0 Å². The maximum absolute atomic E-state index is 11.7. The molecule has 2 heterocycles. The molecule has 0 N–H and O–H groups in total. The number of carbonyl (C=O) groups is 1. The van der Waals surface area contributed by atoms with Crippen LogP contribution in [0.5, 0.6) is 0 Å². The highest BCUT2D eigenvalue weighted by molar-refractivity contribution is 5.73. The molecule has 1 aliphatic heterocycles. The number of hydrogen-bond donors (Lipinski definition) is 0. The number of aryl methyl sites for hydroxylation is 1. The van der Waals surface area contributed by atoms with E-state index in [9.17, 15) is 4.79 Å². The normalized spacial score (nSPS) is 18.3. The van der Waals surface area contributed by atoms with Gasteiger partial charge in [0.05, 0.1) is 11.4 Å². The number of aromatic nitrogens is 2. The molecule has 1 saturated heterocycles. The Morgan fingerprint density at radius 3 is 2.77 bits per heavy atom. The van der Waals surface area contributed by atoms with Crippen LogP contribution in [0.25, 0.3) is 11.3 Å². The van der Waals surface area contributed by atoms with Gasteiger partial charge in [0.2, 0.25) is 5.91 Å². The topological polar surface area (TPSA) is 46.1 Å². The second-order valence-corrected chi connectivity index (χ2v) is 5.91. The maximum Gasteiger partial charge on any atom is 0.219 e. The van der Waals surface area contributed by atoms with Crippen molar-refractivity contribution in [3.05, 3.63) is 47.9 Å². The Balaban J connectivity index is 1.98. The molecular formula is C18H21N3O. The summed E-state index contributed by atoms with van der Waals surface area (Å²) in [5.41, 5.74) is 4.30. The minimum absolute atomic E-state index is 0.144. The Hall–Kier alpha value is -2.23. The van der Waals surface area contributed by atoms with Crippen molar-refractivity contribution < 1.29 is 4.79 Å². The lowest BCUT2D eigenvalue weighted by atomic mass is 9.90. The van der Waals surface area contributed by atoms with Gasteiger partial charge in [-0.2, -0.15) is 0 Å². The zero-order chi connectivity index (χ0) is 15.5. The van der Waals surface area contributed by atoms with E-state index in [2.05, 4.69) is 29.0 Å². The van der Waals surface area contributed by atoms with Crippen molar-refractivity contribution in [3.63, 3.8) is 0 Å². The van der Waals surface area contributed by atoms with E-state index < -0.39 is 0 Å². The fourth-order valence-electron chi connectivity index (χ4n) is 3.18. The van der Waals surface area contributed by atoms with E-state index in [0.29, 0.717) is 0 Å². The Labute approximate surface area is 131 Å². The molecular weight excluding hydrogens is 274 g/mol. The predicted octanol–water partition coefficient (Wildman–Crippen LogP) is 3.18. The Morgan fingerprint density at radius 2 is 2.00 bits per heavy atom. The van der Waals surface area contributed by atoms with E-state index in [1.165, 1.54) is 5.56 Å². The molecule has 3 rings (SSSR count). The van der Waals surface area contributed by atoms with Crippen LogP contribution in [0.2, 0.25) is 0 Å². The van der Waals surface area contributed by atoms with Crippen molar-refractivity contribution in [1.29, 1.82) is 0 Å². The molecule has 1 aromatic carbocycles. The van der Waals surface area contributed by atoms with E-state index in [-0.39, 0.29) is 11.8 Å². The summed E-state index contributed by atoms with van der Waals surface area (Å²) in [7, 11) is 0. The average molecular weight is 295 g/mol. The summed E-state index contributed by atoms with van der Waals surface area (Å²) >= 11 is 0. The van der Waals surface area contributed by atoms with E-state index in [1.807, 2.05) is 17.0 Å². The van der Waals surface area contributed by atoms with Gasteiger partial charge in [0.1, 0.15) is 0 Å². The molecule has 0 spiro atoms. The third-order valence-electron chi connectivity index (χ3n) is 4.38. The first-order chi connectivity index (χ1) is 10.7. The monoisotopic (exact) mass is 295 g/mol.